The maximum absolute atomic E-state index is 5.41. The summed E-state index contributed by atoms with van der Waals surface area (Å²) in [5.41, 5.74) is 7.46. The van der Waals surface area contributed by atoms with E-state index in [-0.39, 0.29) is 6.17 Å². The molecule has 1 N–H and O–H groups in total. The van der Waals surface area contributed by atoms with Gasteiger partial charge in [-0.05, 0) is 79.0 Å². The number of nitrogens with one attached hydrogen (secondary N) is 1. The normalized spacial score (nSPS) is 14.7. The van der Waals surface area contributed by atoms with Gasteiger partial charge in [0.1, 0.15) is 6.17 Å². The van der Waals surface area contributed by atoms with E-state index in [2.05, 4.69) is 150 Å². The SMILES string of the molecule is C1=C(c2cc3ccccc3c3ccccc23)N[C@@H](c2ccc(-c3ccccn3)cc2)N=C1c1cc2ccccc2c2ccccc12. The minimum Gasteiger partial charge on any atom is -0.359 e. The van der Waals surface area contributed by atoms with Gasteiger partial charge in [0.2, 0.25) is 0 Å². The lowest BCUT2D eigenvalue weighted by atomic mass is 9.91. The Balaban J connectivity index is 1.26. The lowest BCUT2D eigenvalue weighted by Crippen LogP contribution is -2.25. The number of rotatable bonds is 4. The molecule has 0 fully saturated rings. The van der Waals surface area contributed by atoms with E-state index >= 15 is 0 Å². The summed E-state index contributed by atoms with van der Waals surface area (Å²) >= 11 is 0. The van der Waals surface area contributed by atoms with Crippen LogP contribution in [0.1, 0.15) is 22.9 Å². The Morgan fingerprint density at radius 1 is 0.478 bits per heavy atom. The first-order valence-corrected chi connectivity index (χ1v) is 15.7. The third-order valence-corrected chi connectivity index (χ3v) is 9.13. The summed E-state index contributed by atoms with van der Waals surface area (Å²) in [5.74, 6) is 0. The van der Waals surface area contributed by atoms with Gasteiger partial charge in [-0.3, -0.25) is 9.98 Å². The zero-order valence-corrected chi connectivity index (χ0v) is 25.1. The standard InChI is InChI=1S/C43H29N3/c1-3-13-32-30(11-1)25-38(36-17-7-5-15-34(32)36)41-27-42(39-26-31-12-2-4-14-33(31)35-16-6-8-18-37(35)39)46-43(45-41)29-22-20-28(21-23-29)40-19-9-10-24-44-40/h1-27,43,45H/t43-/m1/s1. The van der Waals surface area contributed by atoms with E-state index in [1.807, 2.05) is 24.4 Å². The van der Waals surface area contributed by atoms with Crippen molar-refractivity contribution in [3.63, 3.8) is 0 Å². The fraction of sp³-hybridized carbons (Fsp3) is 0.0233. The van der Waals surface area contributed by atoms with Crippen LogP contribution < -0.4 is 5.32 Å². The average molecular weight is 588 g/mol. The van der Waals surface area contributed by atoms with E-state index in [1.165, 1.54) is 48.7 Å². The van der Waals surface area contributed by atoms with Crippen molar-refractivity contribution < 1.29 is 0 Å². The van der Waals surface area contributed by atoms with Crippen molar-refractivity contribution in [3.8, 4) is 11.3 Å². The van der Waals surface area contributed by atoms with Crippen molar-refractivity contribution in [2.45, 2.75) is 6.17 Å². The molecule has 1 aromatic heterocycles. The maximum atomic E-state index is 5.41. The lowest BCUT2D eigenvalue weighted by molar-refractivity contribution is 0.665. The molecule has 0 aliphatic carbocycles. The molecule has 0 unspecified atom stereocenters. The minimum atomic E-state index is -0.275. The van der Waals surface area contributed by atoms with Gasteiger partial charge in [-0.1, -0.05) is 127 Å². The predicted octanol–water partition coefficient (Wildman–Crippen LogP) is 10.5. The topological polar surface area (TPSA) is 37.3 Å². The van der Waals surface area contributed by atoms with Crippen LogP contribution in [0.3, 0.4) is 0 Å². The largest absolute Gasteiger partial charge is 0.359 e. The summed E-state index contributed by atoms with van der Waals surface area (Å²) in [4.78, 5) is 9.96. The molecule has 0 amide bonds. The van der Waals surface area contributed by atoms with Crippen LogP contribution >= 0.6 is 0 Å². The Kier molecular flexibility index (Phi) is 6.20. The number of hydrogen-bond donors (Lipinski definition) is 1. The Bertz CT molecular complexity index is 2490. The predicted molar refractivity (Wildman–Crippen MR) is 193 cm³/mol. The van der Waals surface area contributed by atoms with Gasteiger partial charge < -0.3 is 5.32 Å². The maximum Gasteiger partial charge on any atom is 0.145 e. The molecule has 2 heterocycles. The Hall–Kier alpha value is -6.06. The first-order valence-electron chi connectivity index (χ1n) is 15.7. The van der Waals surface area contributed by atoms with Gasteiger partial charge in [0.25, 0.3) is 0 Å². The van der Waals surface area contributed by atoms with E-state index in [0.717, 1.165) is 33.8 Å². The monoisotopic (exact) mass is 587 g/mol. The van der Waals surface area contributed by atoms with Crippen molar-refractivity contribution in [2.75, 3.05) is 0 Å². The molecule has 9 rings (SSSR count). The first-order chi connectivity index (χ1) is 22.8. The van der Waals surface area contributed by atoms with Crippen LogP contribution in [0.5, 0.6) is 0 Å². The molecule has 3 nitrogen and oxygen atoms in total. The number of aliphatic imine (C=N–C) groups is 1. The molecule has 8 aromatic rings. The summed E-state index contributed by atoms with van der Waals surface area (Å²) in [6.07, 6.45) is 3.80. The number of benzene rings is 7. The summed E-state index contributed by atoms with van der Waals surface area (Å²) in [6.45, 7) is 0. The fourth-order valence-corrected chi connectivity index (χ4v) is 6.91. The van der Waals surface area contributed by atoms with Gasteiger partial charge in [0, 0.05) is 28.6 Å². The quantitative estimate of drug-likeness (QED) is 0.208. The number of aromatic nitrogens is 1. The van der Waals surface area contributed by atoms with E-state index in [9.17, 15) is 0 Å². The number of nitrogens with zero attached hydrogens (tertiary/aromatic N) is 2. The summed E-state index contributed by atoms with van der Waals surface area (Å²) < 4.78 is 0. The molecule has 216 valence electrons. The molecule has 0 spiro atoms. The lowest BCUT2D eigenvalue weighted by Gasteiger charge is -2.26. The fourth-order valence-electron chi connectivity index (χ4n) is 6.91. The van der Waals surface area contributed by atoms with Gasteiger partial charge >= 0.3 is 0 Å². The van der Waals surface area contributed by atoms with E-state index in [1.54, 1.807) is 0 Å². The third kappa shape index (κ3) is 4.44. The zero-order valence-electron chi connectivity index (χ0n) is 25.1. The highest BCUT2D eigenvalue weighted by molar-refractivity contribution is 6.24. The van der Waals surface area contributed by atoms with Crippen LogP contribution in [-0.4, -0.2) is 10.7 Å². The minimum absolute atomic E-state index is 0.275. The molecule has 1 atom stereocenters. The summed E-state index contributed by atoms with van der Waals surface area (Å²) in [6, 6.07) is 53.9. The van der Waals surface area contributed by atoms with Gasteiger partial charge in [-0.2, -0.15) is 0 Å². The summed E-state index contributed by atoms with van der Waals surface area (Å²) in [5, 5.41) is 13.7. The van der Waals surface area contributed by atoms with Crippen LogP contribution in [0.4, 0.5) is 0 Å². The number of pyridine rings is 1. The molecule has 0 radical (unpaired) electrons. The molecular formula is C43H29N3. The molecular weight excluding hydrogens is 558 g/mol. The highest BCUT2D eigenvalue weighted by Crippen LogP contribution is 2.37. The van der Waals surface area contributed by atoms with Crippen LogP contribution in [0.2, 0.25) is 0 Å². The Labute approximate surface area is 267 Å². The molecule has 7 aromatic carbocycles. The van der Waals surface area contributed by atoms with Crippen molar-refractivity contribution in [3.05, 3.63) is 181 Å². The zero-order chi connectivity index (χ0) is 30.5. The van der Waals surface area contributed by atoms with E-state index < -0.39 is 0 Å². The van der Waals surface area contributed by atoms with Crippen molar-refractivity contribution in [1.82, 2.24) is 10.3 Å². The van der Waals surface area contributed by atoms with Crippen LogP contribution in [0.15, 0.2) is 169 Å². The van der Waals surface area contributed by atoms with Gasteiger partial charge in [0.15, 0.2) is 0 Å². The number of allylic oxidation sites excluding steroid dienone is 1. The number of fused-ring (bicyclic) bond motifs is 6. The van der Waals surface area contributed by atoms with Crippen LogP contribution in [0, 0.1) is 0 Å². The molecule has 1 aliphatic heterocycles. The van der Waals surface area contributed by atoms with Crippen LogP contribution in [-0.2, 0) is 0 Å². The first kappa shape index (κ1) is 26.4. The average Bonchev–Trinajstić information content (AvgIpc) is 3.14. The van der Waals surface area contributed by atoms with Gasteiger partial charge in [-0.25, -0.2) is 0 Å². The molecule has 1 aliphatic rings. The highest BCUT2D eigenvalue weighted by atomic mass is 15.1. The summed E-state index contributed by atoms with van der Waals surface area (Å²) in [7, 11) is 0. The van der Waals surface area contributed by atoms with Crippen molar-refractivity contribution >= 4 is 54.5 Å². The highest BCUT2D eigenvalue weighted by Gasteiger charge is 2.23. The molecule has 0 saturated heterocycles. The smallest absolute Gasteiger partial charge is 0.145 e. The second-order valence-electron chi connectivity index (χ2n) is 11.8. The second kappa shape index (κ2) is 10.8. The van der Waals surface area contributed by atoms with E-state index in [4.69, 9.17) is 4.99 Å². The van der Waals surface area contributed by atoms with Gasteiger partial charge in [0.05, 0.1) is 11.4 Å². The van der Waals surface area contributed by atoms with Crippen molar-refractivity contribution in [2.24, 2.45) is 4.99 Å². The Morgan fingerprint density at radius 3 is 1.65 bits per heavy atom. The van der Waals surface area contributed by atoms with E-state index in [0.29, 0.717) is 0 Å². The van der Waals surface area contributed by atoms with Gasteiger partial charge in [-0.15, -0.1) is 0 Å². The second-order valence-corrected chi connectivity index (χ2v) is 11.8. The molecule has 0 bridgehead atoms. The van der Waals surface area contributed by atoms with Crippen molar-refractivity contribution in [1.29, 1.82) is 0 Å². The number of hydrogen-bond acceptors (Lipinski definition) is 3. The molecule has 0 saturated carbocycles. The third-order valence-electron chi connectivity index (χ3n) is 9.13. The Morgan fingerprint density at radius 2 is 1.02 bits per heavy atom. The van der Waals surface area contributed by atoms with Crippen LogP contribution in [0.25, 0.3) is 60.0 Å². The molecule has 46 heavy (non-hydrogen) atoms. The molecule has 3 heteroatoms.